The summed E-state index contributed by atoms with van der Waals surface area (Å²) in [6, 6.07) is 22.9. The monoisotopic (exact) mass is 1070 g/mol. The second-order valence-corrected chi connectivity index (χ2v) is 30.3. The van der Waals surface area contributed by atoms with Crippen molar-refractivity contribution in [1.82, 2.24) is 44.4 Å². The van der Waals surface area contributed by atoms with Crippen LogP contribution >= 0.6 is 0 Å². The third-order valence-electron chi connectivity index (χ3n) is 16.0. The van der Waals surface area contributed by atoms with Crippen molar-refractivity contribution in [2.24, 2.45) is 22.7 Å². The molecule has 4 aromatic heterocycles. The van der Waals surface area contributed by atoms with Crippen molar-refractivity contribution >= 4 is 31.3 Å². The predicted molar refractivity (Wildman–Crippen MR) is 304 cm³/mol. The van der Waals surface area contributed by atoms with Crippen LogP contribution in [0.4, 0.5) is 11.4 Å². The number of carboxylic acid groups (broad SMARTS) is 1. The predicted octanol–water partition coefficient (Wildman–Crippen LogP) is 10.2. The number of carboxylic acids is 1. The lowest BCUT2D eigenvalue weighted by molar-refractivity contribution is -0.0591. The first-order valence-electron chi connectivity index (χ1n) is 27.8. The molecule has 1 amide bonds. The van der Waals surface area contributed by atoms with Gasteiger partial charge >= 0.3 is 5.97 Å². The molecule has 6 heterocycles. The number of nitrogens with zero attached hydrogens (tertiary/aromatic N) is 8. The smallest absolute Gasteiger partial charge is 0.356 e. The number of nitrogens with two attached hydrogens (primary N) is 1. The molecule has 17 nitrogen and oxygen atoms in total. The number of fused-ring (bicyclic) bond motifs is 2. The molecule has 0 bridgehead atoms. The Kier molecular flexibility index (Phi) is 18.8. The Labute approximate surface area is 456 Å². The highest BCUT2D eigenvalue weighted by molar-refractivity contribution is 6.76. The highest BCUT2D eigenvalue weighted by atomic mass is 28.3. The minimum atomic E-state index is -1.11. The zero-order valence-corrected chi connectivity index (χ0v) is 48.1. The van der Waals surface area contributed by atoms with Crippen LogP contribution in [0.3, 0.4) is 0 Å². The van der Waals surface area contributed by atoms with Crippen LogP contribution in [0.2, 0.25) is 25.7 Å². The van der Waals surface area contributed by atoms with Gasteiger partial charge in [0.1, 0.15) is 6.73 Å². The van der Waals surface area contributed by atoms with Crippen LogP contribution in [0.1, 0.15) is 133 Å². The van der Waals surface area contributed by atoms with Gasteiger partial charge < -0.3 is 30.4 Å². The molecule has 2 fully saturated rings. The Morgan fingerprint density at radius 3 is 2.04 bits per heavy atom. The number of hydrogen-bond acceptors (Lipinski definition) is 11. The van der Waals surface area contributed by atoms with E-state index in [4.69, 9.17) is 19.9 Å². The Balaban J connectivity index is 0.000000160. The summed E-state index contributed by atoms with van der Waals surface area (Å²) in [5.74, 6) is 0.170. The quantitative estimate of drug-likeness (QED) is 0.0416. The van der Waals surface area contributed by atoms with Gasteiger partial charge in [-0.05, 0) is 98.8 Å². The molecule has 2 aromatic carbocycles. The molecule has 0 spiro atoms. The van der Waals surface area contributed by atoms with E-state index in [1.807, 2.05) is 33.9 Å². The number of aromatic amines is 1. The molecule has 18 heteroatoms. The third-order valence-corrected chi connectivity index (χ3v) is 17.7. The fourth-order valence-corrected chi connectivity index (χ4v) is 11.4. The topological polar surface area (TPSA) is 205 Å². The van der Waals surface area contributed by atoms with Gasteiger partial charge in [0.25, 0.3) is 5.91 Å². The first-order valence-corrected chi connectivity index (χ1v) is 31.5. The molecule has 77 heavy (non-hydrogen) atoms. The highest BCUT2D eigenvalue weighted by Gasteiger charge is 2.34. The summed E-state index contributed by atoms with van der Waals surface area (Å²) in [4.78, 5) is 26.8. The number of aromatic nitrogens is 8. The van der Waals surface area contributed by atoms with E-state index >= 15 is 0 Å². The molecule has 0 saturated carbocycles. The zero-order valence-electron chi connectivity index (χ0n) is 47.1. The van der Waals surface area contributed by atoms with Crippen molar-refractivity contribution in [3.05, 3.63) is 130 Å². The molecular formula is C59H85N11O6Si. The maximum Gasteiger partial charge on any atom is 0.356 e. The van der Waals surface area contributed by atoms with Gasteiger partial charge in [0.05, 0.1) is 68.3 Å². The van der Waals surface area contributed by atoms with E-state index in [0.29, 0.717) is 41.7 Å². The van der Waals surface area contributed by atoms with E-state index in [2.05, 4.69) is 146 Å². The van der Waals surface area contributed by atoms with Crippen molar-refractivity contribution in [3.63, 3.8) is 0 Å². The van der Waals surface area contributed by atoms with Crippen LogP contribution in [0.5, 0.6) is 0 Å². The number of carbonyl (C=O) groups excluding carboxylic acids is 1. The number of anilines is 2. The van der Waals surface area contributed by atoms with Crippen LogP contribution in [-0.4, -0.2) is 122 Å². The second-order valence-electron chi connectivity index (χ2n) is 24.7. The number of amides is 1. The summed E-state index contributed by atoms with van der Waals surface area (Å²) >= 11 is 0. The van der Waals surface area contributed by atoms with Crippen molar-refractivity contribution in [2.45, 2.75) is 143 Å². The summed E-state index contributed by atoms with van der Waals surface area (Å²) in [5.41, 5.74) is 14.9. The zero-order chi connectivity index (χ0) is 54.9. The molecule has 416 valence electrons. The largest absolute Gasteiger partial charge is 0.476 e. The number of carbonyl (C=O) groups is 2. The third kappa shape index (κ3) is 15.4. The minimum absolute atomic E-state index is 0.121. The van der Waals surface area contributed by atoms with Gasteiger partial charge in [-0.2, -0.15) is 20.4 Å². The van der Waals surface area contributed by atoms with Gasteiger partial charge in [-0.3, -0.25) is 24.2 Å². The van der Waals surface area contributed by atoms with Crippen LogP contribution in [-0.2, 0) is 46.6 Å². The lowest BCUT2D eigenvalue weighted by Gasteiger charge is -2.35. The van der Waals surface area contributed by atoms with Crippen molar-refractivity contribution in [3.8, 4) is 0 Å². The molecule has 0 radical (unpaired) electrons. The molecule has 10 rings (SSSR count). The summed E-state index contributed by atoms with van der Waals surface area (Å²) in [6.45, 7) is 23.8. The SMILES string of the molecule is CC(CCC(c1ccccc1)n1cc(NC(=O)c2n[nH]c3c2CCC(C)(C)C3)cn1)C1COC1.CC1(C)CCc2c(C(=O)O)nn(COCC[Si](C)(C)C)c2C1.CN(CCC(c1ccccc1)n1cc(N)cn1)C1COC1. The van der Waals surface area contributed by atoms with Crippen molar-refractivity contribution in [2.75, 3.05) is 57.7 Å². The van der Waals surface area contributed by atoms with Crippen molar-refractivity contribution in [1.29, 1.82) is 0 Å². The number of H-pyrrole nitrogens is 1. The lowest BCUT2D eigenvalue weighted by Crippen LogP contribution is -2.47. The van der Waals surface area contributed by atoms with E-state index in [-0.39, 0.29) is 34.5 Å². The lowest BCUT2D eigenvalue weighted by atomic mass is 9.76. The van der Waals surface area contributed by atoms with E-state index in [1.54, 1.807) is 17.1 Å². The number of nitrogens with one attached hydrogen (secondary N) is 2. The van der Waals surface area contributed by atoms with E-state index in [1.165, 1.54) is 11.1 Å². The fourth-order valence-electron chi connectivity index (χ4n) is 10.6. The van der Waals surface area contributed by atoms with Crippen LogP contribution < -0.4 is 11.1 Å². The van der Waals surface area contributed by atoms with E-state index < -0.39 is 14.0 Å². The summed E-state index contributed by atoms with van der Waals surface area (Å²) in [6.07, 6.45) is 15.9. The number of rotatable bonds is 20. The Morgan fingerprint density at radius 2 is 1.45 bits per heavy atom. The average Bonchev–Trinajstić information content (AvgIpc) is 4.18. The van der Waals surface area contributed by atoms with Crippen LogP contribution in [0.25, 0.3) is 0 Å². The number of ether oxygens (including phenoxy) is 3. The van der Waals surface area contributed by atoms with Crippen LogP contribution in [0.15, 0.2) is 85.5 Å². The normalized spacial score (nSPS) is 18.0. The molecule has 3 atom stereocenters. The molecule has 4 aliphatic rings. The Morgan fingerprint density at radius 1 is 0.844 bits per heavy atom. The molecule has 5 N–H and O–H groups in total. The maximum absolute atomic E-state index is 13.0. The molecule has 2 aliphatic carbocycles. The number of nitrogen functional groups attached to an aromatic ring is 1. The molecule has 6 aromatic rings. The first kappa shape index (κ1) is 57.3. The maximum atomic E-state index is 13.0. The molecule has 3 unspecified atom stereocenters. The molecule has 2 saturated heterocycles. The fraction of sp³-hybridized carbons (Fsp3) is 0.559. The standard InChI is InChI=1S/C27H35N5O2.C16H22N4O.C16H28N2O3Si/c1-18(20-16-34-17-20)9-10-24(19-7-5-4-6-8-19)32-15-21(14-28-32)29-26(33)25-22-11-12-27(2,3)13-23(22)30-31-25;1-19(15-11-21-12-15)8-7-16(13-5-3-2-4-6-13)20-10-14(17)9-18-20;1-16(2)7-6-12-13(10-16)18(17-14(12)15(19)20)11-21-8-9-22(3,4)5/h4-8,14-15,18,20,24H,9-13,16-17H2,1-3H3,(H,29,33)(H,30,31);2-6,9-10,15-16H,7-8,11-12,17H2,1H3;6-11H2,1-5H3,(H,19,20). The first-order chi connectivity index (χ1) is 36.7. The number of hydrogen-bond donors (Lipinski definition) is 4. The van der Waals surface area contributed by atoms with Gasteiger partial charge in [0, 0.05) is 62.1 Å². The summed E-state index contributed by atoms with van der Waals surface area (Å²) in [7, 11) is 1.05. The summed E-state index contributed by atoms with van der Waals surface area (Å²) < 4.78 is 22.1. The number of aromatic carboxylic acids is 1. The van der Waals surface area contributed by atoms with Gasteiger partial charge in [0.2, 0.25) is 0 Å². The average molecular weight is 1070 g/mol. The Bertz CT molecular complexity index is 2840. The second kappa shape index (κ2) is 25.3. The highest BCUT2D eigenvalue weighted by Crippen LogP contribution is 2.38. The summed E-state index contributed by atoms with van der Waals surface area (Å²) in [5, 5.41) is 33.2. The number of benzene rings is 2. The van der Waals surface area contributed by atoms with Gasteiger partial charge in [0.15, 0.2) is 11.4 Å². The van der Waals surface area contributed by atoms with Gasteiger partial charge in [-0.1, -0.05) is 115 Å². The number of likely N-dealkylation sites (N-methyl/N-ethyl adjacent to an activating group) is 1. The van der Waals surface area contributed by atoms with Crippen molar-refractivity contribution < 1.29 is 28.9 Å². The molecule has 2 aliphatic heterocycles. The van der Waals surface area contributed by atoms with Gasteiger partial charge in [-0.15, -0.1) is 0 Å². The van der Waals surface area contributed by atoms with E-state index in [9.17, 15) is 14.7 Å². The van der Waals surface area contributed by atoms with E-state index in [0.717, 1.165) is 126 Å². The minimum Gasteiger partial charge on any atom is -0.476 e. The van der Waals surface area contributed by atoms with Gasteiger partial charge in [-0.25, -0.2) is 9.48 Å². The Hall–Kier alpha value is -5.92. The van der Waals surface area contributed by atoms with Crippen LogP contribution in [0, 0.1) is 22.7 Å². The molecular weight excluding hydrogens is 987 g/mol.